The van der Waals surface area contributed by atoms with E-state index in [1.807, 2.05) is 0 Å². The lowest BCUT2D eigenvalue weighted by molar-refractivity contribution is -0.137. The van der Waals surface area contributed by atoms with Crippen molar-refractivity contribution < 1.29 is 22.4 Å². The Morgan fingerprint density at radius 3 is 2.57 bits per heavy atom. The predicted octanol–water partition coefficient (Wildman–Crippen LogP) is 4.01. The Bertz CT molecular complexity index is 832. The first-order valence-electron chi connectivity index (χ1n) is 6.11. The monoisotopic (exact) mass is 340 g/mol. The van der Waals surface area contributed by atoms with Gasteiger partial charge >= 0.3 is 6.18 Å². The Balaban J connectivity index is 2.46. The molecule has 0 spiro atoms. The Hall–Kier alpha value is -2.72. The van der Waals surface area contributed by atoms with Crippen LogP contribution < -0.4 is 5.73 Å². The molecule has 1 aromatic heterocycles. The van der Waals surface area contributed by atoms with Gasteiger partial charge in [0.25, 0.3) is 5.91 Å². The van der Waals surface area contributed by atoms with Crippen molar-refractivity contribution in [1.82, 2.24) is 0 Å². The number of hydrogen-bond acceptors (Lipinski definition) is 3. The smallest absolute Gasteiger partial charge is 0.416 e. The van der Waals surface area contributed by atoms with Gasteiger partial charge in [0.15, 0.2) is 0 Å². The van der Waals surface area contributed by atoms with Gasteiger partial charge in [0, 0.05) is 11.6 Å². The van der Waals surface area contributed by atoms with Crippen molar-refractivity contribution in [2.75, 3.05) is 0 Å². The van der Waals surface area contributed by atoms with E-state index in [-0.39, 0.29) is 27.7 Å². The molecule has 1 heterocycles. The number of nitriles is 1. The van der Waals surface area contributed by atoms with Gasteiger partial charge in [0.1, 0.15) is 23.2 Å². The van der Waals surface area contributed by atoms with Crippen LogP contribution in [-0.2, 0) is 11.0 Å². The second kappa shape index (κ2) is 6.18. The lowest BCUT2D eigenvalue weighted by Crippen LogP contribution is -2.12. The second-order valence-electron chi connectivity index (χ2n) is 4.43. The van der Waals surface area contributed by atoms with Crippen LogP contribution in [0.1, 0.15) is 11.3 Å². The highest BCUT2D eigenvalue weighted by atomic mass is 35.5. The largest absolute Gasteiger partial charge is 0.457 e. The van der Waals surface area contributed by atoms with Crippen LogP contribution in [0.4, 0.5) is 13.2 Å². The molecule has 8 heteroatoms. The third kappa shape index (κ3) is 3.73. The van der Waals surface area contributed by atoms with Gasteiger partial charge in [-0.05, 0) is 30.3 Å². The minimum absolute atomic E-state index is 0.0405. The van der Waals surface area contributed by atoms with Crippen molar-refractivity contribution >= 4 is 23.6 Å². The zero-order valence-electron chi connectivity index (χ0n) is 11.3. The first-order chi connectivity index (χ1) is 10.7. The summed E-state index contributed by atoms with van der Waals surface area (Å²) >= 11 is 5.90. The van der Waals surface area contributed by atoms with E-state index < -0.39 is 17.6 Å². The molecule has 0 aliphatic carbocycles. The Kier molecular flexibility index (Phi) is 4.48. The highest BCUT2D eigenvalue weighted by Gasteiger charge is 2.31. The molecule has 1 amide bonds. The molecular weight excluding hydrogens is 333 g/mol. The van der Waals surface area contributed by atoms with Crippen molar-refractivity contribution in [3.8, 4) is 17.4 Å². The second-order valence-corrected chi connectivity index (χ2v) is 4.84. The van der Waals surface area contributed by atoms with Gasteiger partial charge in [-0.1, -0.05) is 11.6 Å². The van der Waals surface area contributed by atoms with Crippen molar-refractivity contribution in [3.63, 3.8) is 0 Å². The molecule has 0 bridgehead atoms. The van der Waals surface area contributed by atoms with Crippen LogP contribution in [0.3, 0.4) is 0 Å². The molecule has 0 aliphatic heterocycles. The number of halogens is 4. The number of amides is 1. The molecule has 0 radical (unpaired) electrons. The van der Waals surface area contributed by atoms with Gasteiger partial charge < -0.3 is 10.2 Å². The molecule has 1 aromatic carbocycles. The SMILES string of the molecule is N#CC(=Cc1ccc(-c2cc(C(F)(F)F)ccc2Cl)o1)C(N)=O. The van der Waals surface area contributed by atoms with Crippen LogP contribution in [0.15, 0.2) is 40.3 Å². The minimum Gasteiger partial charge on any atom is -0.457 e. The van der Waals surface area contributed by atoms with E-state index in [1.54, 1.807) is 6.07 Å². The number of primary amides is 1. The highest BCUT2D eigenvalue weighted by Crippen LogP contribution is 2.36. The minimum atomic E-state index is -4.52. The van der Waals surface area contributed by atoms with Crippen LogP contribution in [0.5, 0.6) is 0 Å². The molecule has 2 aromatic rings. The number of carbonyl (C=O) groups is 1. The van der Waals surface area contributed by atoms with Gasteiger partial charge in [-0.25, -0.2) is 0 Å². The molecule has 0 aliphatic rings. The number of carbonyl (C=O) groups excluding carboxylic acids is 1. The average molecular weight is 341 g/mol. The molecule has 118 valence electrons. The fraction of sp³-hybridized carbons (Fsp3) is 0.0667. The molecule has 23 heavy (non-hydrogen) atoms. The number of hydrogen-bond donors (Lipinski definition) is 1. The van der Waals surface area contributed by atoms with E-state index in [9.17, 15) is 18.0 Å². The molecule has 0 saturated heterocycles. The first-order valence-corrected chi connectivity index (χ1v) is 6.48. The van der Waals surface area contributed by atoms with E-state index in [1.165, 1.54) is 12.1 Å². The maximum absolute atomic E-state index is 12.8. The quantitative estimate of drug-likeness (QED) is 0.677. The van der Waals surface area contributed by atoms with Crippen LogP contribution in [0.25, 0.3) is 17.4 Å². The van der Waals surface area contributed by atoms with Gasteiger partial charge in [-0.15, -0.1) is 0 Å². The van der Waals surface area contributed by atoms with E-state index in [0.717, 1.165) is 24.3 Å². The number of alkyl halides is 3. The third-order valence-electron chi connectivity index (χ3n) is 2.86. The van der Waals surface area contributed by atoms with E-state index >= 15 is 0 Å². The van der Waals surface area contributed by atoms with E-state index in [2.05, 4.69) is 0 Å². The summed E-state index contributed by atoms with van der Waals surface area (Å²) in [7, 11) is 0. The number of nitrogens with zero attached hydrogens (tertiary/aromatic N) is 1. The van der Waals surface area contributed by atoms with Gasteiger partial charge in [-0.2, -0.15) is 18.4 Å². The normalized spacial score (nSPS) is 12.0. The van der Waals surface area contributed by atoms with Crippen LogP contribution in [0, 0.1) is 11.3 Å². The Morgan fingerprint density at radius 2 is 2.00 bits per heavy atom. The standard InChI is InChI=1S/C15H8ClF3N2O2/c16-12-3-1-9(15(17,18)19)6-11(12)13-4-2-10(23-13)5-8(7-20)14(21)22/h1-6H,(H2,21,22). The van der Waals surface area contributed by atoms with Crippen molar-refractivity contribution in [3.05, 3.63) is 52.3 Å². The molecule has 0 unspecified atom stereocenters. The lowest BCUT2D eigenvalue weighted by atomic mass is 10.1. The lowest BCUT2D eigenvalue weighted by Gasteiger charge is -2.09. The summed E-state index contributed by atoms with van der Waals surface area (Å²) in [6.07, 6.45) is -3.43. The summed E-state index contributed by atoms with van der Waals surface area (Å²) in [5.74, 6) is -0.791. The molecule has 0 fully saturated rings. The summed E-state index contributed by atoms with van der Waals surface area (Å²) in [5, 5.41) is 8.81. The van der Waals surface area contributed by atoms with Gasteiger partial charge in [0.2, 0.25) is 0 Å². The first kappa shape index (κ1) is 16.6. The fourth-order valence-electron chi connectivity index (χ4n) is 1.77. The molecule has 0 atom stereocenters. The summed E-state index contributed by atoms with van der Waals surface area (Å²) < 4.78 is 43.6. The predicted molar refractivity (Wildman–Crippen MR) is 76.9 cm³/mol. The van der Waals surface area contributed by atoms with Crippen LogP contribution in [0.2, 0.25) is 5.02 Å². The van der Waals surface area contributed by atoms with Crippen LogP contribution >= 0.6 is 11.6 Å². The van der Waals surface area contributed by atoms with E-state index in [0.29, 0.717) is 0 Å². The van der Waals surface area contributed by atoms with Gasteiger partial charge in [0.05, 0.1) is 10.6 Å². The van der Waals surface area contributed by atoms with E-state index in [4.69, 9.17) is 27.0 Å². The molecule has 2 N–H and O–H groups in total. The Morgan fingerprint density at radius 1 is 1.30 bits per heavy atom. The maximum atomic E-state index is 12.8. The van der Waals surface area contributed by atoms with Crippen molar-refractivity contribution in [2.24, 2.45) is 5.73 Å². The summed E-state index contributed by atoms with van der Waals surface area (Å²) in [6.45, 7) is 0. The van der Waals surface area contributed by atoms with Gasteiger partial charge in [-0.3, -0.25) is 4.79 Å². The zero-order chi connectivity index (χ0) is 17.2. The summed E-state index contributed by atoms with van der Waals surface area (Å²) in [4.78, 5) is 11.0. The summed E-state index contributed by atoms with van der Waals surface area (Å²) in [5.41, 5.74) is 3.81. The third-order valence-corrected chi connectivity index (χ3v) is 3.19. The number of furan rings is 1. The Labute approximate surface area is 133 Å². The summed E-state index contributed by atoms with van der Waals surface area (Å²) in [6, 6.07) is 7.18. The average Bonchev–Trinajstić information content (AvgIpc) is 2.92. The van der Waals surface area contributed by atoms with Crippen molar-refractivity contribution in [1.29, 1.82) is 5.26 Å². The zero-order valence-corrected chi connectivity index (χ0v) is 12.1. The topological polar surface area (TPSA) is 80.0 Å². The van der Waals surface area contributed by atoms with Crippen molar-refractivity contribution in [2.45, 2.75) is 6.18 Å². The molecular formula is C15H8ClF3N2O2. The highest BCUT2D eigenvalue weighted by molar-refractivity contribution is 6.33. The fourth-order valence-corrected chi connectivity index (χ4v) is 1.98. The number of benzene rings is 1. The molecule has 2 rings (SSSR count). The maximum Gasteiger partial charge on any atom is 0.416 e. The number of nitrogens with two attached hydrogens (primary N) is 1. The molecule has 4 nitrogen and oxygen atoms in total. The number of rotatable bonds is 3. The molecule has 0 saturated carbocycles. The van der Waals surface area contributed by atoms with Crippen LogP contribution in [-0.4, -0.2) is 5.91 Å².